The molecule has 3 N–H and O–H groups in total. The van der Waals surface area contributed by atoms with Gasteiger partial charge < -0.3 is 10.6 Å². The molecule has 0 saturated carbocycles. The van der Waals surface area contributed by atoms with Crippen LogP contribution in [0.2, 0.25) is 0 Å². The summed E-state index contributed by atoms with van der Waals surface area (Å²) in [6.07, 6.45) is 3.76. The van der Waals surface area contributed by atoms with Crippen molar-refractivity contribution in [1.29, 1.82) is 0 Å². The van der Waals surface area contributed by atoms with Crippen LogP contribution in [0.4, 0.5) is 0 Å². The average molecular weight is 349 g/mol. The highest BCUT2D eigenvalue weighted by atomic mass is 35.5. The molecule has 1 unspecified atom stereocenters. The van der Waals surface area contributed by atoms with Crippen molar-refractivity contribution in [3.63, 3.8) is 0 Å². The Morgan fingerprint density at radius 3 is 2.88 bits per heavy atom. The monoisotopic (exact) mass is 348 g/mol. The molecule has 0 bridgehead atoms. The molecular formula is C18H25ClN4O. The maximum Gasteiger partial charge on any atom is 0.272 e. The Morgan fingerprint density at radius 2 is 2.12 bits per heavy atom. The van der Waals surface area contributed by atoms with Crippen molar-refractivity contribution in [1.82, 2.24) is 20.8 Å². The summed E-state index contributed by atoms with van der Waals surface area (Å²) in [6, 6.07) is 10.4. The molecule has 1 amide bonds. The van der Waals surface area contributed by atoms with Crippen LogP contribution in [-0.2, 0) is 19.4 Å². The highest BCUT2D eigenvalue weighted by Gasteiger charge is 2.23. The minimum Gasteiger partial charge on any atom is -0.348 e. The summed E-state index contributed by atoms with van der Waals surface area (Å²) >= 11 is 0. The minimum atomic E-state index is -0.0689. The SMILES string of the molecule is CCCC(Cc1ccccc1)NC(=O)c1n[nH]c2c1CNCC2.Cl. The van der Waals surface area contributed by atoms with E-state index >= 15 is 0 Å². The van der Waals surface area contributed by atoms with Gasteiger partial charge in [-0.05, 0) is 18.4 Å². The smallest absolute Gasteiger partial charge is 0.272 e. The summed E-state index contributed by atoms with van der Waals surface area (Å²) in [6.45, 7) is 3.79. The summed E-state index contributed by atoms with van der Waals surface area (Å²) in [5.74, 6) is -0.0689. The number of halogens is 1. The van der Waals surface area contributed by atoms with Crippen molar-refractivity contribution < 1.29 is 4.79 Å². The Bertz CT molecular complexity index is 656. The summed E-state index contributed by atoms with van der Waals surface area (Å²) in [7, 11) is 0. The van der Waals surface area contributed by atoms with Gasteiger partial charge in [-0.1, -0.05) is 43.7 Å². The zero-order chi connectivity index (χ0) is 16.1. The third-order valence-corrected chi connectivity index (χ3v) is 4.32. The largest absolute Gasteiger partial charge is 0.348 e. The number of carbonyl (C=O) groups excluding carboxylic acids is 1. The Hall–Kier alpha value is -1.85. The van der Waals surface area contributed by atoms with Gasteiger partial charge in [0.05, 0.1) is 0 Å². The van der Waals surface area contributed by atoms with Gasteiger partial charge in [0.25, 0.3) is 5.91 Å². The number of rotatable bonds is 6. The van der Waals surface area contributed by atoms with E-state index in [0.29, 0.717) is 12.2 Å². The van der Waals surface area contributed by atoms with Gasteiger partial charge in [0.1, 0.15) is 0 Å². The van der Waals surface area contributed by atoms with Crippen molar-refractivity contribution >= 4 is 18.3 Å². The molecule has 130 valence electrons. The molecule has 5 nitrogen and oxygen atoms in total. The first kappa shape index (κ1) is 18.5. The number of hydrogen-bond donors (Lipinski definition) is 3. The van der Waals surface area contributed by atoms with Gasteiger partial charge in [-0.15, -0.1) is 12.4 Å². The summed E-state index contributed by atoms with van der Waals surface area (Å²) in [5.41, 5.74) is 3.89. The Labute approximate surface area is 149 Å². The fraction of sp³-hybridized carbons (Fsp3) is 0.444. The number of fused-ring (bicyclic) bond motifs is 1. The van der Waals surface area contributed by atoms with Gasteiger partial charge in [0.2, 0.25) is 0 Å². The predicted octanol–water partition coefficient (Wildman–Crippen LogP) is 2.62. The van der Waals surface area contributed by atoms with E-state index in [1.165, 1.54) is 5.56 Å². The molecule has 1 aromatic carbocycles. The van der Waals surface area contributed by atoms with E-state index in [1.54, 1.807) is 0 Å². The number of amides is 1. The van der Waals surface area contributed by atoms with Crippen molar-refractivity contribution in [2.75, 3.05) is 6.54 Å². The minimum absolute atomic E-state index is 0. The van der Waals surface area contributed by atoms with Crippen LogP contribution in [0, 0.1) is 0 Å². The first-order valence-electron chi connectivity index (χ1n) is 8.39. The summed E-state index contributed by atoms with van der Waals surface area (Å²) < 4.78 is 0. The topological polar surface area (TPSA) is 69.8 Å². The van der Waals surface area contributed by atoms with Crippen molar-refractivity contribution in [2.45, 2.75) is 45.2 Å². The van der Waals surface area contributed by atoms with Crippen LogP contribution in [0.3, 0.4) is 0 Å². The van der Waals surface area contributed by atoms with Crippen LogP contribution in [0.1, 0.15) is 47.1 Å². The number of nitrogens with one attached hydrogen (secondary N) is 3. The fourth-order valence-electron chi connectivity index (χ4n) is 3.14. The molecule has 1 aliphatic heterocycles. The van der Waals surface area contributed by atoms with Crippen molar-refractivity contribution in [2.24, 2.45) is 0 Å². The molecule has 24 heavy (non-hydrogen) atoms. The lowest BCUT2D eigenvalue weighted by Gasteiger charge is -2.19. The second-order valence-corrected chi connectivity index (χ2v) is 6.10. The summed E-state index contributed by atoms with van der Waals surface area (Å²) in [5, 5.41) is 13.7. The molecule has 6 heteroatoms. The third-order valence-electron chi connectivity index (χ3n) is 4.32. The molecule has 0 aliphatic carbocycles. The standard InChI is InChI=1S/C18H24N4O.ClH/c1-2-6-14(11-13-7-4-3-5-8-13)20-18(23)17-15-12-19-10-9-16(15)21-22-17;/h3-5,7-8,14,19H,2,6,9-12H2,1H3,(H,20,23)(H,21,22);1H. The number of aromatic amines is 1. The van der Waals surface area contributed by atoms with Gasteiger partial charge >= 0.3 is 0 Å². The van der Waals surface area contributed by atoms with Gasteiger partial charge in [-0.2, -0.15) is 5.10 Å². The number of aromatic nitrogens is 2. The molecular weight excluding hydrogens is 324 g/mol. The number of benzene rings is 1. The van der Waals surface area contributed by atoms with Gasteiger partial charge in [0, 0.05) is 36.8 Å². The number of hydrogen-bond acceptors (Lipinski definition) is 3. The number of nitrogens with zero attached hydrogens (tertiary/aromatic N) is 1. The molecule has 2 heterocycles. The second-order valence-electron chi connectivity index (χ2n) is 6.10. The van der Waals surface area contributed by atoms with Crippen LogP contribution in [-0.4, -0.2) is 28.7 Å². The number of H-pyrrole nitrogens is 1. The molecule has 1 aromatic heterocycles. The van der Waals surface area contributed by atoms with E-state index in [-0.39, 0.29) is 24.4 Å². The highest BCUT2D eigenvalue weighted by Crippen LogP contribution is 2.16. The first-order valence-corrected chi connectivity index (χ1v) is 8.39. The number of carbonyl (C=O) groups is 1. The van der Waals surface area contributed by atoms with Crippen LogP contribution < -0.4 is 10.6 Å². The lowest BCUT2D eigenvalue weighted by atomic mass is 10.0. The molecule has 0 spiro atoms. The lowest BCUT2D eigenvalue weighted by molar-refractivity contribution is 0.0928. The van der Waals surface area contributed by atoms with E-state index in [2.05, 4.69) is 39.9 Å². The molecule has 0 radical (unpaired) electrons. The highest BCUT2D eigenvalue weighted by molar-refractivity contribution is 5.94. The van der Waals surface area contributed by atoms with Gasteiger partial charge in [-0.3, -0.25) is 9.89 Å². The lowest BCUT2D eigenvalue weighted by Crippen LogP contribution is -2.37. The normalized spacial score (nSPS) is 14.4. The summed E-state index contributed by atoms with van der Waals surface area (Å²) in [4.78, 5) is 12.6. The van der Waals surface area contributed by atoms with E-state index in [9.17, 15) is 4.79 Å². The Morgan fingerprint density at radius 1 is 1.33 bits per heavy atom. The van der Waals surface area contributed by atoms with Gasteiger partial charge in [-0.25, -0.2) is 0 Å². The molecule has 1 aliphatic rings. The molecule has 0 fully saturated rings. The van der Waals surface area contributed by atoms with Crippen LogP contribution in [0.5, 0.6) is 0 Å². The van der Waals surface area contributed by atoms with Crippen LogP contribution in [0.15, 0.2) is 30.3 Å². The fourth-order valence-corrected chi connectivity index (χ4v) is 3.14. The van der Waals surface area contributed by atoms with E-state index in [0.717, 1.165) is 43.5 Å². The zero-order valence-electron chi connectivity index (χ0n) is 14.0. The quantitative estimate of drug-likeness (QED) is 0.751. The maximum atomic E-state index is 12.6. The van der Waals surface area contributed by atoms with Gasteiger partial charge in [0.15, 0.2) is 5.69 Å². The molecule has 0 saturated heterocycles. The van der Waals surface area contributed by atoms with Crippen LogP contribution >= 0.6 is 12.4 Å². The predicted molar refractivity (Wildman–Crippen MR) is 97.6 cm³/mol. The van der Waals surface area contributed by atoms with Crippen molar-refractivity contribution in [3.05, 3.63) is 52.8 Å². The Kier molecular flexibility index (Phi) is 6.82. The molecule has 3 rings (SSSR count). The van der Waals surface area contributed by atoms with E-state index in [1.807, 2.05) is 18.2 Å². The van der Waals surface area contributed by atoms with E-state index in [4.69, 9.17) is 0 Å². The maximum absolute atomic E-state index is 12.6. The first-order chi connectivity index (χ1) is 11.3. The third kappa shape index (κ3) is 4.36. The van der Waals surface area contributed by atoms with E-state index < -0.39 is 0 Å². The molecule has 1 atom stereocenters. The van der Waals surface area contributed by atoms with Crippen LogP contribution in [0.25, 0.3) is 0 Å². The zero-order valence-corrected chi connectivity index (χ0v) is 14.8. The van der Waals surface area contributed by atoms with Crippen molar-refractivity contribution in [3.8, 4) is 0 Å². The molecule has 2 aromatic rings. The Balaban J connectivity index is 0.00000208. The average Bonchev–Trinajstić information content (AvgIpc) is 3.00. The second kappa shape index (κ2) is 8.85.